The molecular weight excluding hydrogens is 277 g/mol. The van der Waals surface area contributed by atoms with Gasteiger partial charge in [0.1, 0.15) is 11.6 Å². The van der Waals surface area contributed by atoms with Gasteiger partial charge < -0.3 is 9.64 Å². The van der Waals surface area contributed by atoms with Crippen LogP contribution < -0.4 is 9.64 Å². The molecule has 1 saturated heterocycles. The number of methoxy groups -OCH3 is 1. The third-order valence-electron chi connectivity index (χ3n) is 2.58. The van der Waals surface area contributed by atoms with E-state index in [-0.39, 0.29) is 16.4 Å². The fourth-order valence-electron chi connectivity index (χ4n) is 1.71. The highest BCUT2D eigenvalue weighted by atomic mass is 79.9. The van der Waals surface area contributed by atoms with Gasteiger partial charge in [-0.1, -0.05) is 15.9 Å². The van der Waals surface area contributed by atoms with Gasteiger partial charge in [0, 0.05) is 12.6 Å². The molecule has 1 aliphatic heterocycles. The van der Waals surface area contributed by atoms with E-state index in [2.05, 4.69) is 15.9 Å². The van der Waals surface area contributed by atoms with Crippen LogP contribution in [0.3, 0.4) is 0 Å². The minimum absolute atomic E-state index is 0.104. The Bertz CT molecular complexity index is 424. The van der Waals surface area contributed by atoms with E-state index < -0.39 is 5.82 Å². The van der Waals surface area contributed by atoms with E-state index in [4.69, 9.17) is 4.74 Å². The number of carbonyl (C=O) groups is 1. The molecule has 0 bridgehead atoms. The first-order chi connectivity index (χ1) is 7.63. The van der Waals surface area contributed by atoms with Crippen molar-refractivity contribution in [1.82, 2.24) is 0 Å². The molecule has 86 valence electrons. The molecule has 0 saturated carbocycles. The van der Waals surface area contributed by atoms with Gasteiger partial charge in [-0.25, -0.2) is 4.39 Å². The van der Waals surface area contributed by atoms with Crippen molar-refractivity contribution < 1.29 is 13.9 Å². The van der Waals surface area contributed by atoms with Crippen LogP contribution in [-0.2, 0) is 4.79 Å². The topological polar surface area (TPSA) is 29.5 Å². The number of halogens is 2. The Morgan fingerprint density at radius 2 is 2.31 bits per heavy atom. The Morgan fingerprint density at radius 3 is 2.88 bits per heavy atom. The van der Waals surface area contributed by atoms with Crippen LogP contribution in [0, 0.1) is 5.82 Å². The number of anilines is 1. The van der Waals surface area contributed by atoms with E-state index in [9.17, 15) is 9.18 Å². The number of amides is 1. The predicted molar refractivity (Wildman–Crippen MR) is 62.6 cm³/mol. The second-order valence-electron chi connectivity index (χ2n) is 3.56. The number of benzene rings is 1. The highest BCUT2D eigenvalue weighted by Gasteiger charge is 2.32. The highest BCUT2D eigenvalue weighted by Crippen LogP contribution is 2.30. The maximum absolute atomic E-state index is 13.6. The number of rotatable bonds is 2. The maximum Gasteiger partial charge on any atom is 0.240 e. The first kappa shape index (κ1) is 11.4. The minimum atomic E-state index is -0.407. The molecule has 16 heavy (non-hydrogen) atoms. The smallest absolute Gasteiger partial charge is 0.240 e. The van der Waals surface area contributed by atoms with Gasteiger partial charge in [0.2, 0.25) is 5.91 Å². The highest BCUT2D eigenvalue weighted by molar-refractivity contribution is 9.10. The molecule has 5 heteroatoms. The molecule has 1 unspecified atom stereocenters. The molecule has 2 rings (SSSR count). The van der Waals surface area contributed by atoms with Crippen molar-refractivity contribution in [2.75, 3.05) is 18.6 Å². The van der Waals surface area contributed by atoms with Crippen LogP contribution in [0.5, 0.6) is 5.75 Å². The molecule has 1 aromatic rings. The van der Waals surface area contributed by atoms with Crippen LogP contribution in [0.25, 0.3) is 0 Å². The minimum Gasteiger partial charge on any atom is -0.497 e. The first-order valence-electron chi connectivity index (χ1n) is 4.92. The maximum atomic E-state index is 13.6. The van der Waals surface area contributed by atoms with Crippen molar-refractivity contribution in [2.45, 2.75) is 11.2 Å². The van der Waals surface area contributed by atoms with Gasteiger partial charge in [0.25, 0.3) is 0 Å². The summed E-state index contributed by atoms with van der Waals surface area (Å²) in [6.45, 7) is 0.527. The number of ether oxygens (including phenoxy) is 1. The van der Waals surface area contributed by atoms with Crippen LogP contribution in [0.4, 0.5) is 10.1 Å². The second kappa shape index (κ2) is 4.41. The van der Waals surface area contributed by atoms with Gasteiger partial charge >= 0.3 is 0 Å². The van der Waals surface area contributed by atoms with Gasteiger partial charge in [-0.2, -0.15) is 0 Å². The molecule has 0 aliphatic carbocycles. The lowest BCUT2D eigenvalue weighted by molar-refractivity contribution is -0.116. The van der Waals surface area contributed by atoms with Crippen LogP contribution in [0.15, 0.2) is 18.2 Å². The third-order valence-corrected chi connectivity index (χ3v) is 3.43. The standard InChI is InChI=1S/C11H11BrFNO2/c1-16-7-2-3-9(13)10(6-7)14-5-4-8(12)11(14)15/h2-3,6,8H,4-5H2,1H3. The van der Waals surface area contributed by atoms with Gasteiger partial charge in [-0.3, -0.25) is 4.79 Å². The fourth-order valence-corrected chi connectivity index (χ4v) is 2.16. The lowest BCUT2D eigenvalue weighted by Crippen LogP contribution is -2.27. The van der Waals surface area contributed by atoms with Crippen molar-refractivity contribution in [3.63, 3.8) is 0 Å². The Kier molecular flexibility index (Phi) is 3.14. The molecule has 1 fully saturated rings. The quantitative estimate of drug-likeness (QED) is 0.782. The monoisotopic (exact) mass is 287 g/mol. The van der Waals surface area contributed by atoms with Crippen molar-refractivity contribution >= 4 is 27.5 Å². The zero-order valence-corrected chi connectivity index (χ0v) is 10.3. The molecule has 1 heterocycles. The van der Waals surface area contributed by atoms with Crippen molar-refractivity contribution in [3.8, 4) is 5.75 Å². The van der Waals surface area contributed by atoms with E-state index in [0.29, 0.717) is 18.7 Å². The zero-order valence-electron chi connectivity index (χ0n) is 8.74. The van der Waals surface area contributed by atoms with Gasteiger partial charge in [0.15, 0.2) is 0 Å². The molecule has 3 nitrogen and oxygen atoms in total. The number of alkyl halides is 1. The SMILES string of the molecule is COc1ccc(F)c(N2CCC(Br)C2=O)c1. The lowest BCUT2D eigenvalue weighted by Gasteiger charge is -2.17. The van der Waals surface area contributed by atoms with Crippen molar-refractivity contribution in [3.05, 3.63) is 24.0 Å². The van der Waals surface area contributed by atoms with E-state index in [0.717, 1.165) is 0 Å². The zero-order chi connectivity index (χ0) is 11.7. The largest absolute Gasteiger partial charge is 0.497 e. The predicted octanol–water partition coefficient (Wildman–Crippen LogP) is 2.33. The van der Waals surface area contributed by atoms with Gasteiger partial charge in [-0.15, -0.1) is 0 Å². The van der Waals surface area contributed by atoms with E-state index >= 15 is 0 Å². The number of hydrogen-bond donors (Lipinski definition) is 0. The molecule has 0 radical (unpaired) electrons. The van der Waals surface area contributed by atoms with E-state index in [1.165, 1.54) is 30.2 Å². The molecule has 1 aromatic carbocycles. The summed E-state index contributed by atoms with van der Waals surface area (Å²) in [6.07, 6.45) is 0.690. The molecule has 0 aromatic heterocycles. The molecule has 1 amide bonds. The molecule has 1 atom stereocenters. The number of hydrogen-bond acceptors (Lipinski definition) is 2. The first-order valence-corrected chi connectivity index (χ1v) is 5.84. The van der Waals surface area contributed by atoms with Crippen molar-refractivity contribution in [2.24, 2.45) is 0 Å². The fraction of sp³-hybridized carbons (Fsp3) is 0.364. The van der Waals surface area contributed by atoms with Gasteiger partial charge in [-0.05, 0) is 18.6 Å². The van der Waals surface area contributed by atoms with Crippen LogP contribution in [0.1, 0.15) is 6.42 Å². The molecule has 0 spiro atoms. The van der Waals surface area contributed by atoms with E-state index in [1.54, 1.807) is 0 Å². The molecular formula is C11H11BrFNO2. The van der Waals surface area contributed by atoms with Crippen LogP contribution in [0.2, 0.25) is 0 Å². The molecule has 1 aliphatic rings. The Morgan fingerprint density at radius 1 is 1.56 bits per heavy atom. The van der Waals surface area contributed by atoms with Gasteiger partial charge in [0.05, 0.1) is 17.6 Å². The summed E-state index contributed by atoms with van der Waals surface area (Å²) in [7, 11) is 1.51. The summed E-state index contributed by atoms with van der Waals surface area (Å²) in [4.78, 5) is 13.0. The lowest BCUT2D eigenvalue weighted by atomic mass is 10.2. The Balaban J connectivity index is 2.36. The summed E-state index contributed by atoms with van der Waals surface area (Å²) in [5, 5.41) is 0. The summed E-state index contributed by atoms with van der Waals surface area (Å²) in [5.41, 5.74) is 0.284. The average molecular weight is 288 g/mol. The number of nitrogens with zero attached hydrogens (tertiary/aromatic N) is 1. The normalized spacial score (nSPS) is 20.3. The van der Waals surface area contributed by atoms with Crippen molar-refractivity contribution in [1.29, 1.82) is 0 Å². The second-order valence-corrected chi connectivity index (χ2v) is 4.67. The Hall–Kier alpha value is -1.10. The number of carbonyl (C=O) groups excluding carboxylic acids is 1. The molecule has 0 N–H and O–H groups in total. The summed E-state index contributed by atoms with van der Waals surface area (Å²) >= 11 is 3.26. The summed E-state index contributed by atoms with van der Waals surface area (Å²) < 4.78 is 18.6. The summed E-state index contributed by atoms with van der Waals surface area (Å²) in [5.74, 6) is 0.0325. The van der Waals surface area contributed by atoms with Crippen LogP contribution >= 0.6 is 15.9 Å². The Labute approximate surface area is 101 Å². The van der Waals surface area contributed by atoms with E-state index in [1.807, 2.05) is 0 Å². The third kappa shape index (κ3) is 1.91. The summed E-state index contributed by atoms with van der Waals surface area (Å²) in [6, 6.07) is 4.38. The average Bonchev–Trinajstić information content (AvgIpc) is 2.61. The van der Waals surface area contributed by atoms with Crippen LogP contribution in [-0.4, -0.2) is 24.4 Å².